The predicted molar refractivity (Wildman–Crippen MR) is 60.3 cm³/mol. The van der Waals surface area contributed by atoms with Crippen molar-refractivity contribution in [1.82, 2.24) is 0 Å². The predicted octanol–water partition coefficient (Wildman–Crippen LogP) is 3.73. The fraction of sp³-hybridized carbons (Fsp3) is 0.300. The van der Waals surface area contributed by atoms with E-state index in [0.717, 1.165) is 0 Å². The number of hydrogen-bond donors (Lipinski definition) is 0. The Labute approximate surface area is 91.0 Å². The molecule has 0 radical (unpaired) electrons. The quantitative estimate of drug-likeness (QED) is 0.394. The van der Waals surface area contributed by atoms with Crippen molar-refractivity contribution in [2.75, 3.05) is 0 Å². The minimum absolute atomic E-state index is 0.179. The van der Waals surface area contributed by atoms with E-state index in [4.69, 9.17) is 0 Å². The van der Waals surface area contributed by atoms with Gasteiger partial charge in [0.25, 0.3) is 6.43 Å². The summed E-state index contributed by atoms with van der Waals surface area (Å²) in [6.45, 7) is 3.53. The van der Waals surface area contributed by atoms with Crippen LogP contribution in [0.25, 0.3) is 0 Å². The number of aliphatic imine (C=N–C) groups is 1. The van der Waals surface area contributed by atoms with Gasteiger partial charge in [-0.25, -0.2) is 8.78 Å². The largest absolute Gasteiger partial charge is 0.273 e. The van der Waals surface area contributed by atoms with Gasteiger partial charge in [-0.05, 0) is 6.42 Å². The third kappa shape index (κ3) is 9.32. The van der Waals surface area contributed by atoms with Gasteiger partial charge in [-0.15, -0.1) is 0 Å². The first-order valence-corrected chi connectivity index (χ1v) is 4.98. The van der Waals surface area contributed by atoms with E-state index < -0.39 is 6.43 Å². The lowest BCUT2D eigenvalue weighted by Gasteiger charge is -1.96. The lowest BCUT2D eigenvalue weighted by molar-refractivity contribution is 0.231. The fourth-order valence-electron chi connectivity index (χ4n) is 0.644. The van der Waals surface area contributed by atoms with Crippen LogP contribution in [0.4, 0.5) is 8.78 Å². The molecule has 14 heavy (non-hydrogen) atoms. The molecular weight excluding hydrogens is 252 g/mol. The molecule has 0 amide bonds. The van der Waals surface area contributed by atoms with Crippen LogP contribution in [0.2, 0.25) is 0 Å². The Bertz CT molecular complexity index is 234. The average Bonchev–Trinajstić information content (AvgIpc) is 2.13. The van der Waals surface area contributed by atoms with Gasteiger partial charge in [-0.1, -0.05) is 46.8 Å². The summed E-state index contributed by atoms with van der Waals surface area (Å²) in [6, 6.07) is 0. The maximum absolute atomic E-state index is 11.6. The molecule has 0 fully saturated rings. The van der Waals surface area contributed by atoms with Crippen LogP contribution in [-0.4, -0.2) is 17.5 Å². The Balaban J connectivity index is 3.70. The van der Waals surface area contributed by atoms with Crippen LogP contribution in [0.3, 0.4) is 0 Å². The molecule has 0 aliphatic carbocycles. The van der Waals surface area contributed by atoms with Crippen LogP contribution >= 0.6 is 15.9 Å². The molecule has 0 aliphatic rings. The van der Waals surface area contributed by atoms with Crippen LogP contribution in [0.15, 0.2) is 42.1 Å². The summed E-state index contributed by atoms with van der Waals surface area (Å²) >= 11 is 3.37. The number of nitrogens with zero attached hydrogens (tertiary/aromatic N) is 1. The topological polar surface area (TPSA) is 12.4 Å². The van der Waals surface area contributed by atoms with Gasteiger partial charge in [0.05, 0.1) is 6.21 Å². The van der Waals surface area contributed by atoms with Crippen LogP contribution in [-0.2, 0) is 0 Å². The highest BCUT2D eigenvalue weighted by Gasteiger charge is 1.94. The third-order valence-corrected chi connectivity index (χ3v) is 1.89. The minimum Gasteiger partial charge on any atom is -0.263 e. The van der Waals surface area contributed by atoms with Crippen molar-refractivity contribution in [3.63, 3.8) is 0 Å². The van der Waals surface area contributed by atoms with E-state index in [-0.39, 0.29) is 4.83 Å². The molecule has 0 spiro atoms. The molecule has 0 N–H and O–H groups in total. The van der Waals surface area contributed by atoms with Gasteiger partial charge in [0, 0.05) is 11.0 Å². The van der Waals surface area contributed by atoms with Crippen LogP contribution in [0, 0.1) is 0 Å². The first-order chi connectivity index (χ1) is 6.66. The molecule has 0 bridgehead atoms. The normalized spacial score (nSPS) is 14.9. The van der Waals surface area contributed by atoms with Crippen LogP contribution in [0.5, 0.6) is 0 Å². The van der Waals surface area contributed by atoms with E-state index in [1.54, 1.807) is 12.2 Å². The monoisotopic (exact) mass is 263 g/mol. The van der Waals surface area contributed by atoms with Crippen LogP contribution < -0.4 is 0 Å². The van der Waals surface area contributed by atoms with E-state index in [1.807, 2.05) is 12.2 Å². The Hall–Kier alpha value is -0.770. The second-order valence-electron chi connectivity index (χ2n) is 2.39. The molecule has 0 aromatic rings. The SMILES string of the molecule is C=C/C=C/C(Br)C/C=C/N=CC(F)F. The smallest absolute Gasteiger partial charge is 0.263 e. The van der Waals surface area contributed by atoms with Gasteiger partial charge >= 0.3 is 0 Å². The molecule has 4 heteroatoms. The molecule has 0 aromatic heterocycles. The van der Waals surface area contributed by atoms with Crippen molar-refractivity contribution in [3.05, 3.63) is 37.1 Å². The van der Waals surface area contributed by atoms with Crippen molar-refractivity contribution >= 4 is 22.1 Å². The molecule has 1 unspecified atom stereocenters. The van der Waals surface area contributed by atoms with Crippen molar-refractivity contribution < 1.29 is 8.78 Å². The van der Waals surface area contributed by atoms with E-state index in [9.17, 15) is 8.78 Å². The van der Waals surface area contributed by atoms with Gasteiger partial charge in [-0.3, -0.25) is 4.99 Å². The number of alkyl halides is 3. The van der Waals surface area contributed by atoms with Crippen LogP contribution in [0.1, 0.15) is 6.42 Å². The van der Waals surface area contributed by atoms with E-state index in [1.165, 1.54) is 6.20 Å². The maximum atomic E-state index is 11.6. The Kier molecular flexibility index (Phi) is 8.33. The number of hydrogen-bond acceptors (Lipinski definition) is 1. The summed E-state index contributed by atoms with van der Waals surface area (Å²) in [5.41, 5.74) is 0. The molecule has 0 rings (SSSR count). The summed E-state index contributed by atoms with van der Waals surface area (Å²) in [5, 5.41) is 0. The summed E-state index contributed by atoms with van der Waals surface area (Å²) in [7, 11) is 0. The zero-order valence-corrected chi connectivity index (χ0v) is 9.20. The Morgan fingerprint density at radius 1 is 1.43 bits per heavy atom. The van der Waals surface area contributed by atoms with Crippen molar-refractivity contribution in [1.29, 1.82) is 0 Å². The zero-order valence-electron chi connectivity index (χ0n) is 7.61. The summed E-state index contributed by atoms with van der Waals surface area (Å²) in [6.07, 6.45) is 7.29. The van der Waals surface area contributed by atoms with Gasteiger partial charge in [-0.2, -0.15) is 0 Å². The lowest BCUT2D eigenvalue weighted by Crippen LogP contribution is -1.89. The highest BCUT2D eigenvalue weighted by molar-refractivity contribution is 9.09. The van der Waals surface area contributed by atoms with Gasteiger partial charge in [0.15, 0.2) is 0 Å². The second kappa shape index (κ2) is 8.81. The summed E-state index contributed by atoms with van der Waals surface area (Å²) in [5.74, 6) is 0. The highest BCUT2D eigenvalue weighted by atomic mass is 79.9. The zero-order chi connectivity index (χ0) is 10.8. The summed E-state index contributed by atoms with van der Waals surface area (Å²) < 4.78 is 23.1. The lowest BCUT2D eigenvalue weighted by atomic mass is 10.3. The van der Waals surface area contributed by atoms with Crippen molar-refractivity contribution in [2.24, 2.45) is 4.99 Å². The molecule has 0 heterocycles. The first-order valence-electron chi connectivity index (χ1n) is 4.06. The number of halogens is 3. The molecule has 1 atom stereocenters. The maximum Gasteiger partial charge on any atom is 0.273 e. The molecule has 78 valence electrons. The number of allylic oxidation sites excluding steroid dienone is 4. The second-order valence-corrected chi connectivity index (χ2v) is 3.57. The van der Waals surface area contributed by atoms with E-state index >= 15 is 0 Å². The molecule has 0 saturated carbocycles. The molecule has 0 aromatic carbocycles. The molecule has 1 nitrogen and oxygen atoms in total. The molecular formula is C10H12BrF2N. The number of rotatable bonds is 6. The molecule has 0 saturated heterocycles. The fourth-order valence-corrected chi connectivity index (χ4v) is 1.04. The van der Waals surface area contributed by atoms with Gasteiger partial charge < -0.3 is 0 Å². The average molecular weight is 264 g/mol. The van der Waals surface area contributed by atoms with Crippen molar-refractivity contribution in [3.8, 4) is 0 Å². The molecule has 0 aliphatic heterocycles. The summed E-state index contributed by atoms with van der Waals surface area (Å²) in [4.78, 5) is 3.58. The Morgan fingerprint density at radius 2 is 2.14 bits per heavy atom. The standard InChI is InChI=1S/C10H12BrF2N/c1-2-3-5-9(11)6-4-7-14-8-10(12)13/h2-5,7-10H,1,6H2/b5-3+,7-4+,14-8?. The third-order valence-electron chi connectivity index (χ3n) is 1.21. The van der Waals surface area contributed by atoms with Gasteiger partial charge in [0.1, 0.15) is 0 Å². The van der Waals surface area contributed by atoms with E-state index in [2.05, 4.69) is 27.5 Å². The Morgan fingerprint density at radius 3 is 2.71 bits per heavy atom. The van der Waals surface area contributed by atoms with E-state index in [0.29, 0.717) is 12.6 Å². The first kappa shape index (κ1) is 13.2. The minimum atomic E-state index is -2.49. The van der Waals surface area contributed by atoms with Crippen molar-refractivity contribution in [2.45, 2.75) is 17.7 Å². The van der Waals surface area contributed by atoms with Gasteiger partial charge in [0.2, 0.25) is 0 Å². The highest BCUT2D eigenvalue weighted by Crippen LogP contribution is 2.07.